The van der Waals surface area contributed by atoms with E-state index in [0.717, 1.165) is 61.2 Å². The Morgan fingerprint density at radius 3 is 1.30 bits per heavy atom. The SMILES string of the molecule is N#Cc1cccc(-c2cccc(-c3nc(-c4ccc(-c5ccccc5)cc4)nc(-c4cccc(-c5ccc(-c6ccccc6)cc5)c4-c4ccccc4)n3)c2)c1. The first-order valence-corrected chi connectivity index (χ1v) is 18.6. The number of rotatable bonds is 8. The van der Waals surface area contributed by atoms with Gasteiger partial charge in [-0.1, -0.05) is 188 Å². The first-order valence-electron chi connectivity index (χ1n) is 18.6. The molecule has 0 radical (unpaired) electrons. The quantitative estimate of drug-likeness (QED) is 0.157. The molecule has 1 heterocycles. The van der Waals surface area contributed by atoms with E-state index in [-0.39, 0.29) is 0 Å². The van der Waals surface area contributed by atoms with Gasteiger partial charge in [0.1, 0.15) is 0 Å². The Hall–Kier alpha value is -7.74. The van der Waals surface area contributed by atoms with E-state index in [0.29, 0.717) is 23.0 Å². The van der Waals surface area contributed by atoms with Crippen molar-refractivity contribution in [3.05, 3.63) is 212 Å². The average molecular weight is 715 g/mol. The molecule has 9 aromatic rings. The molecule has 0 aliphatic rings. The van der Waals surface area contributed by atoms with Crippen LogP contribution in [0.2, 0.25) is 0 Å². The van der Waals surface area contributed by atoms with Crippen LogP contribution in [-0.4, -0.2) is 15.0 Å². The maximum absolute atomic E-state index is 9.58. The number of hydrogen-bond acceptors (Lipinski definition) is 4. The summed E-state index contributed by atoms with van der Waals surface area (Å²) in [6.07, 6.45) is 0. The molecule has 1 aromatic heterocycles. The van der Waals surface area contributed by atoms with Gasteiger partial charge in [-0.2, -0.15) is 5.26 Å². The first kappa shape index (κ1) is 34.1. The van der Waals surface area contributed by atoms with Gasteiger partial charge in [0.25, 0.3) is 0 Å². The lowest BCUT2D eigenvalue weighted by atomic mass is 9.89. The lowest BCUT2D eigenvalue weighted by Crippen LogP contribution is -2.02. The second-order valence-corrected chi connectivity index (χ2v) is 13.6. The summed E-state index contributed by atoms with van der Waals surface area (Å²) < 4.78 is 0. The molecule has 0 N–H and O–H groups in total. The van der Waals surface area contributed by atoms with E-state index in [4.69, 9.17) is 15.0 Å². The zero-order valence-corrected chi connectivity index (χ0v) is 30.4. The number of hydrogen-bond donors (Lipinski definition) is 0. The fourth-order valence-corrected chi connectivity index (χ4v) is 7.17. The topological polar surface area (TPSA) is 62.5 Å². The Morgan fingerprint density at radius 1 is 0.286 bits per heavy atom. The van der Waals surface area contributed by atoms with Crippen LogP contribution in [0.4, 0.5) is 0 Å². The molecule has 0 unspecified atom stereocenters. The third kappa shape index (κ3) is 7.01. The number of nitrogens with zero attached hydrogens (tertiary/aromatic N) is 4. The Morgan fingerprint density at radius 2 is 0.696 bits per heavy atom. The van der Waals surface area contributed by atoms with Crippen LogP contribution in [-0.2, 0) is 0 Å². The first-order chi connectivity index (χ1) is 27.7. The van der Waals surface area contributed by atoms with Gasteiger partial charge in [-0.3, -0.25) is 0 Å². The van der Waals surface area contributed by atoms with Crippen molar-refractivity contribution in [2.75, 3.05) is 0 Å². The van der Waals surface area contributed by atoms with Gasteiger partial charge in [0, 0.05) is 22.3 Å². The van der Waals surface area contributed by atoms with Gasteiger partial charge < -0.3 is 0 Å². The van der Waals surface area contributed by atoms with Crippen LogP contribution in [0.25, 0.3) is 89.8 Å². The molecular formula is C52H34N4. The van der Waals surface area contributed by atoms with Crippen molar-refractivity contribution in [2.24, 2.45) is 0 Å². The zero-order valence-electron chi connectivity index (χ0n) is 30.4. The molecule has 0 bridgehead atoms. The molecule has 9 rings (SSSR count). The van der Waals surface area contributed by atoms with Crippen LogP contribution in [0.5, 0.6) is 0 Å². The monoisotopic (exact) mass is 714 g/mol. The smallest absolute Gasteiger partial charge is 0.164 e. The summed E-state index contributed by atoms with van der Waals surface area (Å²) in [5.41, 5.74) is 14.1. The van der Waals surface area contributed by atoms with Crippen molar-refractivity contribution < 1.29 is 0 Å². The fourth-order valence-electron chi connectivity index (χ4n) is 7.17. The molecular weight excluding hydrogens is 681 g/mol. The van der Waals surface area contributed by atoms with Gasteiger partial charge in [0.15, 0.2) is 17.5 Å². The van der Waals surface area contributed by atoms with E-state index in [1.807, 2.05) is 60.7 Å². The molecule has 0 saturated carbocycles. The maximum atomic E-state index is 9.58. The fraction of sp³-hybridized carbons (Fsp3) is 0. The van der Waals surface area contributed by atoms with E-state index in [1.165, 1.54) is 11.1 Å². The average Bonchev–Trinajstić information content (AvgIpc) is 3.29. The van der Waals surface area contributed by atoms with E-state index in [2.05, 4.69) is 152 Å². The molecule has 0 aliphatic carbocycles. The molecule has 4 nitrogen and oxygen atoms in total. The number of aromatic nitrogens is 3. The molecule has 0 spiro atoms. The van der Waals surface area contributed by atoms with Crippen LogP contribution >= 0.6 is 0 Å². The number of benzene rings is 8. The predicted molar refractivity (Wildman–Crippen MR) is 228 cm³/mol. The molecule has 262 valence electrons. The van der Waals surface area contributed by atoms with Crippen molar-refractivity contribution in [1.29, 1.82) is 5.26 Å². The molecule has 0 saturated heterocycles. The predicted octanol–water partition coefficient (Wildman–Crippen LogP) is 13.1. The molecule has 56 heavy (non-hydrogen) atoms. The van der Waals surface area contributed by atoms with Gasteiger partial charge in [0.05, 0.1) is 11.6 Å². The largest absolute Gasteiger partial charge is 0.208 e. The van der Waals surface area contributed by atoms with E-state index in [9.17, 15) is 5.26 Å². The third-order valence-electron chi connectivity index (χ3n) is 10.0. The minimum absolute atomic E-state index is 0.562. The maximum Gasteiger partial charge on any atom is 0.164 e. The lowest BCUT2D eigenvalue weighted by Gasteiger charge is -2.17. The summed E-state index contributed by atoms with van der Waals surface area (Å²) in [5.74, 6) is 1.72. The molecule has 0 amide bonds. The highest BCUT2D eigenvalue weighted by Crippen LogP contribution is 2.40. The molecule has 0 fully saturated rings. The van der Waals surface area contributed by atoms with Crippen molar-refractivity contribution in [2.45, 2.75) is 0 Å². The Labute approximate surface area is 326 Å². The molecule has 0 aliphatic heterocycles. The highest BCUT2D eigenvalue weighted by atomic mass is 15.0. The normalized spacial score (nSPS) is 10.8. The van der Waals surface area contributed by atoms with Gasteiger partial charge in [-0.05, 0) is 68.3 Å². The third-order valence-corrected chi connectivity index (χ3v) is 10.0. The number of nitriles is 1. The minimum Gasteiger partial charge on any atom is -0.208 e. The Kier molecular flexibility index (Phi) is 9.31. The van der Waals surface area contributed by atoms with E-state index in [1.54, 1.807) is 0 Å². The molecule has 0 atom stereocenters. The Balaban J connectivity index is 1.22. The summed E-state index contributed by atoms with van der Waals surface area (Å²) in [6, 6.07) is 72.9. The Bertz CT molecular complexity index is 2830. The molecule has 8 aromatic carbocycles. The summed E-state index contributed by atoms with van der Waals surface area (Å²) in [5, 5.41) is 9.58. The van der Waals surface area contributed by atoms with Crippen LogP contribution in [0.1, 0.15) is 5.56 Å². The second-order valence-electron chi connectivity index (χ2n) is 13.6. The van der Waals surface area contributed by atoms with Gasteiger partial charge in [0.2, 0.25) is 0 Å². The molecule has 4 heteroatoms. The van der Waals surface area contributed by atoms with Crippen molar-refractivity contribution in [3.63, 3.8) is 0 Å². The van der Waals surface area contributed by atoms with Gasteiger partial charge in [-0.25, -0.2) is 15.0 Å². The van der Waals surface area contributed by atoms with Crippen molar-refractivity contribution >= 4 is 0 Å². The standard InChI is InChI=1S/C52H34N4/c53-35-36-13-10-20-44(33-36)45-21-11-22-46(34-45)51-54-50(43-31-27-40(28-32-43)38-16-6-2-7-17-38)55-52(56-51)48-24-12-23-47(49(48)42-18-8-3-9-19-42)41-29-25-39(26-30-41)37-14-4-1-5-15-37/h1-34H. The lowest BCUT2D eigenvalue weighted by molar-refractivity contribution is 1.07. The van der Waals surface area contributed by atoms with Crippen LogP contribution in [0, 0.1) is 11.3 Å². The highest BCUT2D eigenvalue weighted by molar-refractivity contribution is 5.94. The van der Waals surface area contributed by atoms with Crippen molar-refractivity contribution in [3.8, 4) is 95.9 Å². The summed E-state index contributed by atoms with van der Waals surface area (Å²) in [6.45, 7) is 0. The summed E-state index contributed by atoms with van der Waals surface area (Å²) in [4.78, 5) is 15.6. The summed E-state index contributed by atoms with van der Waals surface area (Å²) in [7, 11) is 0. The van der Waals surface area contributed by atoms with Gasteiger partial charge in [-0.15, -0.1) is 0 Å². The summed E-state index contributed by atoms with van der Waals surface area (Å²) >= 11 is 0. The van der Waals surface area contributed by atoms with E-state index < -0.39 is 0 Å². The minimum atomic E-state index is 0.562. The van der Waals surface area contributed by atoms with E-state index >= 15 is 0 Å². The zero-order chi connectivity index (χ0) is 37.7. The van der Waals surface area contributed by atoms with Crippen LogP contribution < -0.4 is 0 Å². The van der Waals surface area contributed by atoms with Gasteiger partial charge >= 0.3 is 0 Å². The van der Waals surface area contributed by atoms with Crippen LogP contribution in [0.15, 0.2) is 206 Å². The van der Waals surface area contributed by atoms with Crippen LogP contribution in [0.3, 0.4) is 0 Å². The second kappa shape index (κ2) is 15.3. The van der Waals surface area contributed by atoms with Crippen molar-refractivity contribution in [1.82, 2.24) is 15.0 Å². The highest BCUT2D eigenvalue weighted by Gasteiger charge is 2.19.